The highest BCUT2D eigenvalue weighted by molar-refractivity contribution is 5.57. The molecule has 2 N–H and O–H groups in total. The van der Waals surface area contributed by atoms with E-state index in [9.17, 15) is 18.4 Å². The molecule has 0 aliphatic carbocycles. The van der Waals surface area contributed by atoms with E-state index in [1.54, 1.807) is 11.6 Å². The molecule has 146 valence electrons. The van der Waals surface area contributed by atoms with Crippen LogP contribution in [0.5, 0.6) is 5.88 Å². The van der Waals surface area contributed by atoms with Crippen LogP contribution in [-0.4, -0.2) is 9.78 Å². The van der Waals surface area contributed by atoms with Gasteiger partial charge in [-0.3, -0.25) is 0 Å². The Bertz CT molecular complexity index is 1140. The first-order chi connectivity index (χ1) is 13.8. The Kier molecular flexibility index (Phi) is 4.31. The molecule has 0 fully saturated rings. The Hall–Kier alpha value is -3.73. The van der Waals surface area contributed by atoms with E-state index in [2.05, 4.69) is 5.10 Å². The third kappa shape index (κ3) is 3.10. The van der Waals surface area contributed by atoms with Crippen LogP contribution in [0, 0.1) is 18.3 Å². The van der Waals surface area contributed by atoms with Gasteiger partial charge in [-0.15, -0.1) is 0 Å². The number of fused-ring (bicyclic) bond motifs is 1. The second-order valence-corrected chi connectivity index (χ2v) is 6.60. The number of nitriles is 1. The highest BCUT2D eigenvalue weighted by Crippen LogP contribution is 2.45. The average molecular weight is 396 g/mol. The van der Waals surface area contributed by atoms with Crippen molar-refractivity contribution in [2.45, 2.75) is 19.0 Å². The lowest BCUT2D eigenvalue weighted by molar-refractivity contribution is -0.137. The molecule has 1 aromatic heterocycles. The number of allylic oxidation sites excluding steroid dienone is 1. The zero-order chi connectivity index (χ0) is 20.8. The quantitative estimate of drug-likeness (QED) is 0.696. The predicted octanol–water partition coefficient (Wildman–Crippen LogP) is 4.42. The topological polar surface area (TPSA) is 76.9 Å². The van der Waals surface area contributed by atoms with E-state index in [1.165, 1.54) is 12.1 Å². The van der Waals surface area contributed by atoms with Crippen LogP contribution in [0.4, 0.5) is 13.2 Å². The predicted molar refractivity (Wildman–Crippen MR) is 99.0 cm³/mol. The number of hydrogen-bond acceptors (Lipinski definition) is 4. The second-order valence-electron chi connectivity index (χ2n) is 6.60. The second kappa shape index (κ2) is 6.71. The van der Waals surface area contributed by atoms with Crippen LogP contribution >= 0.6 is 0 Å². The number of nitrogens with two attached hydrogens (primary N) is 1. The Morgan fingerprint density at radius 3 is 2.34 bits per heavy atom. The van der Waals surface area contributed by atoms with Crippen LogP contribution in [0.2, 0.25) is 0 Å². The SMILES string of the molecule is Cc1nn(-c2ccccc2)c2c1C(c1ccc(C(F)(F)F)cc1)C(C#N)=C(N)O2. The van der Waals surface area contributed by atoms with Gasteiger partial charge in [-0.1, -0.05) is 30.3 Å². The first-order valence-electron chi connectivity index (χ1n) is 8.71. The first-order valence-corrected chi connectivity index (χ1v) is 8.71. The number of nitrogens with zero attached hydrogens (tertiary/aromatic N) is 3. The summed E-state index contributed by atoms with van der Waals surface area (Å²) in [6.07, 6.45) is -4.44. The van der Waals surface area contributed by atoms with Gasteiger partial charge in [0.05, 0.1) is 28.4 Å². The number of alkyl halides is 3. The van der Waals surface area contributed by atoms with Crippen molar-refractivity contribution in [1.82, 2.24) is 9.78 Å². The van der Waals surface area contributed by atoms with Crippen LogP contribution in [0.15, 0.2) is 66.1 Å². The van der Waals surface area contributed by atoms with Crippen LogP contribution in [0.3, 0.4) is 0 Å². The summed E-state index contributed by atoms with van der Waals surface area (Å²) in [5.74, 6) is -0.430. The summed E-state index contributed by atoms with van der Waals surface area (Å²) in [5, 5.41) is 14.2. The van der Waals surface area contributed by atoms with E-state index in [-0.39, 0.29) is 11.5 Å². The lowest BCUT2D eigenvalue weighted by Crippen LogP contribution is -2.22. The van der Waals surface area contributed by atoms with Crippen molar-refractivity contribution in [3.63, 3.8) is 0 Å². The minimum atomic E-state index is -4.44. The summed E-state index contributed by atoms with van der Waals surface area (Å²) in [6.45, 7) is 1.76. The molecule has 0 bridgehead atoms. The molecule has 0 saturated heterocycles. The Labute approximate surface area is 164 Å². The van der Waals surface area contributed by atoms with E-state index < -0.39 is 17.7 Å². The van der Waals surface area contributed by atoms with Crippen molar-refractivity contribution in [2.75, 3.05) is 0 Å². The monoisotopic (exact) mass is 396 g/mol. The van der Waals surface area contributed by atoms with Gasteiger partial charge in [0.2, 0.25) is 11.8 Å². The van der Waals surface area contributed by atoms with Gasteiger partial charge in [0.25, 0.3) is 0 Å². The maximum Gasteiger partial charge on any atom is 0.416 e. The Balaban J connectivity index is 1.89. The summed E-state index contributed by atoms with van der Waals surface area (Å²) in [4.78, 5) is 0. The van der Waals surface area contributed by atoms with Crippen molar-refractivity contribution >= 4 is 0 Å². The van der Waals surface area contributed by atoms with E-state index in [0.29, 0.717) is 22.7 Å². The normalized spacial score (nSPS) is 16.2. The standard InChI is InChI=1S/C21H15F3N4O/c1-12-17-18(13-7-9-14(10-8-13)21(22,23)24)16(11-25)19(26)29-20(17)28(27-12)15-5-3-2-4-6-15/h2-10,18H,26H2,1H3. The van der Waals surface area contributed by atoms with Crippen molar-refractivity contribution in [3.8, 4) is 17.6 Å². The molecule has 2 heterocycles. The molecule has 0 saturated carbocycles. The molecule has 1 atom stereocenters. The van der Waals surface area contributed by atoms with Crippen LogP contribution in [0.25, 0.3) is 5.69 Å². The summed E-state index contributed by atoms with van der Waals surface area (Å²) >= 11 is 0. The third-order valence-corrected chi connectivity index (χ3v) is 4.80. The first kappa shape index (κ1) is 18.6. The number of ether oxygens (including phenoxy) is 1. The van der Waals surface area contributed by atoms with Gasteiger partial charge < -0.3 is 10.5 Å². The van der Waals surface area contributed by atoms with Gasteiger partial charge in [-0.25, -0.2) is 4.68 Å². The molecule has 2 aromatic carbocycles. The van der Waals surface area contributed by atoms with Gasteiger partial charge in [0.15, 0.2) is 0 Å². The minimum absolute atomic E-state index is 0.0954. The maximum absolute atomic E-state index is 12.9. The number of halogens is 3. The number of para-hydroxylation sites is 1. The Morgan fingerprint density at radius 2 is 1.76 bits per heavy atom. The summed E-state index contributed by atoms with van der Waals surface area (Å²) in [5.41, 5.74) is 7.79. The molecule has 29 heavy (non-hydrogen) atoms. The molecule has 0 radical (unpaired) electrons. The van der Waals surface area contributed by atoms with Crippen molar-refractivity contribution in [3.05, 3.63) is 88.4 Å². The molecule has 5 nitrogen and oxygen atoms in total. The Morgan fingerprint density at radius 1 is 1.10 bits per heavy atom. The average Bonchev–Trinajstić information content (AvgIpc) is 3.03. The number of aryl methyl sites for hydroxylation is 1. The highest BCUT2D eigenvalue weighted by Gasteiger charge is 2.37. The van der Waals surface area contributed by atoms with Crippen molar-refractivity contribution < 1.29 is 17.9 Å². The molecule has 0 spiro atoms. The molecule has 3 aromatic rings. The van der Waals surface area contributed by atoms with Crippen molar-refractivity contribution in [2.24, 2.45) is 5.73 Å². The minimum Gasteiger partial charge on any atom is -0.422 e. The van der Waals surface area contributed by atoms with Gasteiger partial charge in [0, 0.05) is 0 Å². The summed E-state index contributed by atoms with van der Waals surface area (Å²) in [6, 6.07) is 15.9. The van der Waals surface area contributed by atoms with Gasteiger partial charge in [-0.05, 0) is 36.8 Å². The lowest BCUT2D eigenvalue weighted by atomic mass is 9.84. The van der Waals surface area contributed by atoms with Gasteiger partial charge >= 0.3 is 6.18 Å². The van der Waals surface area contributed by atoms with Crippen molar-refractivity contribution in [1.29, 1.82) is 5.26 Å². The smallest absolute Gasteiger partial charge is 0.416 e. The molecule has 0 amide bonds. The fourth-order valence-electron chi connectivity index (χ4n) is 3.46. The molecular weight excluding hydrogens is 381 g/mol. The molecule has 4 rings (SSSR count). The van der Waals surface area contributed by atoms with E-state index in [4.69, 9.17) is 10.5 Å². The third-order valence-electron chi connectivity index (χ3n) is 4.80. The maximum atomic E-state index is 12.9. The zero-order valence-electron chi connectivity index (χ0n) is 15.2. The van der Waals surface area contributed by atoms with Gasteiger partial charge in [0.1, 0.15) is 11.6 Å². The fraction of sp³-hybridized carbons (Fsp3) is 0.143. The largest absolute Gasteiger partial charge is 0.422 e. The van der Waals surface area contributed by atoms with E-state index in [1.807, 2.05) is 36.4 Å². The van der Waals surface area contributed by atoms with Gasteiger partial charge in [-0.2, -0.15) is 23.5 Å². The van der Waals surface area contributed by atoms with Crippen LogP contribution in [0.1, 0.15) is 28.3 Å². The number of aromatic nitrogens is 2. The van der Waals surface area contributed by atoms with Crippen LogP contribution < -0.4 is 10.5 Å². The number of hydrogen-bond donors (Lipinski definition) is 1. The highest BCUT2D eigenvalue weighted by atomic mass is 19.4. The molecule has 8 heteroatoms. The summed E-state index contributed by atoms with van der Waals surface area (Å²) in [7, 11) is 0. The van der Waals surface area contributed by atoms with Crippen LogP contribution in [-0.2, 0) is 6.18 Å². The summed E-state index contributed by atoms with van der Waals surface area (Å²) < 4.78 is 46.1. The molecular formula is C21H15F3N4O. The molecule has 1 aliphatic rings. The fourth-order valence-corrected chi connectivity index (χ4v) is 3.46. The molecule has 1 unspecified atom stereocenters. The number of benzene rings is 2. The van der Waals surface area contributed by atoms with E-state index >= 15 is 0 Å². The lowest BCUT2D eigenvalue weighted by Gasteiger charge is -2.25. The zero-order valence-corrected chi connectivity index (χ0v) is 15.2. The van der Waals surface area contributed by atoms with E-state index in [0.717, 1.165) is 17.8 Å². The molecule has 1 aliphatic heterocycles. The number of rotatable bonds is 2.